The first-order valence-electron chi connectivity index (χ1n) is 9.77. The monoisotopic (exact) mass is 423 g/mol. The van der Waals surface area contributed by atoms with Gasteiger partial charge in [-0.25, -0.2) is 4.79 Å². The molecule has 162 valence electrons. The normalized spacial score (nSPS) is 10.4. The van der Waals surface area contributed by atoms with E-state index in [9.17, 15) is 9.59 Å². The van der Waals surface area contributed by atoms with E-state index in [-0.39, 0.29) is 6.61 Å². The number of rotatable bonds is 9. The largest absolute Gasteiger partial charge is 0.489 e. The van der Waals surface area contributed by atoms with Crippen molar-refractivity contribution in [2.45, 2.75) is 20.5 Å². The first-order valence-corrected chi connectivity index (χ1v) is 9.77. The molecule has 1 aromatic heterocycles. The number of carbonyl (C=O) groups is 2. The minimum atomic E-state index is -0.640. The third-order valence-corrected chi connectivity index (χ3v) is 4.57. The number of hydrogen-bond acceptors (Lipinski definition) is 6. The average molecular weight is 423 g/mol. The summed E-state index contributed by atoms with van der Waals surface area (Å²) in [6.07, 6.45) is 0. The van der Waals surface area contributed by atoms with Crippen molar-refractivity contribution in [3.8, 4) is 11.5 Å². The molecule has 8 nitrogen and oxygen atoms in total. The van der Waals surface area contributed by atoms with Crippen LogP contribution in [-0.2, 0) is 28.0 Å². The van der Waals surface area contributed by atoms with E-state index >= 15 is 0 Å². The summed E-state index contributed by atoms with van der Waals surface area (Å²) in [5.74, 6) is 0.109. The van der Waals surface area contributed by atoms with Crippen LogP contribution >= 0.6 is 0 Å². The Labute approximate surface area is 180 Å². The SMILES string of the molecule is Cc1nn(C)c(C)c1NC(=O)COC(=O)COc1ccc(OCc2ccccc2)cc1. The molecule has 1 heterocycles. The summed E-state index contributed by atoms with van der Waals surface area (Å²) in [5, 5.41) is 6.92. The van der Waals surface area contributed by atoms with E-state index in [4.69, 9.17) is 14.2 Å². The van der Waals surface area contributed by atoms with Gasteiger partial charge in [-0.15, -0.1) is 0 Å². The lowest BCUT2D eigenvalue weighted by Gasteiger charge is -2.09. The first-order chi connectivity index (χ1) is 14.9. The van der Waals surface area contributed by atoms with Crippen LogP contribution in [0.1, 0.15) is 17.0 Å². The Kier molecular flexibility index (Phi) is 7.26. The Morgan fingerprint density at radius 1 is 0.935 bits per heavy atom. The third kappa shape index (κ3) is 6.33. The molecule has 0 aliphatic carbocycles. The maximum Gasteiger partial charge on any atom is 0.344 e. The van der Waals surface area contributed by atoms with Crippen LogP contribution in [0.5, 0.6) is 11.5 Å². The minimum Gasteiger partial charge on any atom is -0.489 e. The number of aryl methyl sites for hydroxylation is 2. The van der Waals surface area contributed by atoms with Crippen LogP contribution in [0.25, 0.3) is 0 Å². The maximum atomic E-state index is 12.0. The summed E-state index contributed by atoms with van der Waals surface area (Å²) in [7, 11) is 1.79. The predicted molar refractivity (Wildman–Crippen MR) is 115 cm³/mol. The van der Waals surface area contributed by atoms with E-state index in [0.29, 0.717) is 29.5 Å². The zero-order chi connectivity index (χ0) is 22.2. The van der Waals surface area contributed by atoms with Crippen molar-refractivity contribution in [1.82, 2.24) is 9.78 Å². The number of aromatic nitrogens is 2. The average Bonchev–Trinajstić information content (AvgIpc) is 3.02. The number of anilines is 1. The molecule has 3 rings (SSSR count). The van der Waals surface area contributed by atoms with Gasteiger partial charge in [0.25, 0.3) is 5.91 Å². The number of amides is 1. The molecule has 0 spiro atoms. The van der Waals surface area contributed by atoms with Gasteiger partial charge in [0.2, 0.25) is 0 Å². The smallest absolute Gasteiger partial charge is 0.344 e. The Morgan fingerprint density at radius 2 is 1.58 bits per heavy atom. The number of carbonyl (C=O) groups excluding carboxylic acids is 2. The van der Waals surface area contributed by atoms with Gasteiger partial charge in [0.15, 0.2) is 13.2 Å². The highest BCUT2D eigenvalue weighted by molar-refractivity contribution is 5.93. The highest BCUT2D eigenvalue weighted by atomic mass is 16.6. The molecule has 3 aromatic rings. The van der Waals surface area contributed by atoms with Gasteiger partial charge in [-0.2, -0.15) is 5.10 Å². The van der Waals surface area contributed by atoms with Crippen LogP contribution in [0.3, 0.4) is 0 Å². The zero-order valence-electron chi connectivity index (χ0n) is 17.8. The van der Waals surface area contributed by atoms with Crippen molar-refractivity contribution in [1.29, 1.82) is 0 Å². The molecule has 0 bridgehead atoms. The number of nitrogens with zero attached hydrogens (tertiary/aromatic N) is 2. The number of esters is 1. The van der Waals surface area contributed by atoms with E-state index in [1.54, 1.807) is 42.9 Å². The number of nitrogens with one attached hydrogen (secondary N) is 1. The Hall–Kier alpha value is -3.81. The summed E-state index contributed by atoms with van der Waals surface area (Å²) in [6.45, 7) is 3.39. The second-order valence-electron chi connectivity index (χ2n) is 6.91. The molecule has 0 radical (unpaired) electrons. The highest BCUT2D eigenvalue weighted by Crippen LogP contribution is 2.19. The second-order valence-corrected chi connectivity index (χ2v) is 6.91. The van der Waals surface area contributed by atoms with Crippen LogP contribution in [0.4, 0.5) is 5.69 Å². The van der Waals surface area contributed by atoms with Gasteiger partial charge in [-0.1, -0.05) is 30.3 Å². The summed E-state index contributed by atoms with van der Waals surface area (Å²) >= 11 is 0. The van der Waals surface area contributed by atoms with E-state index < -0.39 is 18.5 Å². The summed E-state index contributed by atoms with van der Waals surface area (Å²) in [5.41, 5.74) is 3.20. The lowest BCUT2D eigenvalue weighted by molar-refractivity contribution is -0.149. The van der Waals surface area contributed by atoms with Crippen molar-refractivity contribution in [2.75, 3.05) is 18.5 Å². The summed E-state index contributed by atoms with van der Waals surface area (Å²) < 4.78 is 17.7. The van der Waals surface area contributed by atoms with Crippen molar-refractivity contribution in [3.63, 3.8) is 0 Å². The van der Waals surface area contributed by atoms with Crippen molar-refractivity contribution < 1.29 is 23.8 Å². The molecular weight excluding hydrogens is 398 g/mol. The lowest BCUT2D eigenvalue weighted by atomic mass is 10.2. The molecule has 1 amide bonds. The van der Waals surface area contributed by atoms with Crippen LogP contribution in [-0.4, -0.2) is 34.9 Å². The third-order valence-electron chi connectivity index (χ3n) is 4.57. The number of ether oxygens (including phenoxy) is 3. The van der Waals surface area contributed by atoms with Gasteiger partial charge in [-0.3, -0.25) is 9.48 Å². The summed E-state index contributed by atoms with van der Waals surface area (Å²) in [6, 6.07) is 16.8. The van der Waals surface area contributed by atoms with Crippen LogP contribution < -0.4 is 14.8 Å². The van der Waals surface area contributed by atoms with Gasteiger partial charge in [0.1, 0.15) is 18.1 Å². The van der Waals surface area contributed by atoms with E-state index in [1.165, 1.54) is 0 Å². The van der Waals surface area contributed by atoms with Crippen LogP contribution in [0, 0.1) is 13.8 Å². The van der Waals surface area contributed by atoms with Gasteiger partial charge in [-0.05, 0) is 43.7 Å². The molecule has 31 heavy (non-hydrogen) atoms. The topological polar surface area (TPSA) is 91.7 Å². The first kappa shape index (κ1) is 21.9. The van der Waals surface area contributed by atoms with Gasteiger partial charge < -0.3 is 19.5 Å². The molecule has 2 aromatic carbocycles. The lowest BCUT2D eigenvalue weighted by Crippen LogP contribution is -2.24. The fourth-order valence-corrected chi connectivity index (χ4v) is 2.83. The Morgan fingerprint density at radius 3 is 2.19 bits per heavy atom. The van der Waals surface area contributed by atoms with E-state index in [0.717, 1.165) is 11.3 Å². The number of hydrogen-bond donors (Lipinski definition) is 1. The predicted octanol–water partition coefficient (Wildman–Crippen LogP) is 3.18. The fourth-order valence-electron chi connectivity index (χ4n) is 2.83. The molecule has 0 aliphatic rings. The fraction of sp³-hybridized carbons (Fsp3) is 0.261. The second kappa shape index (κ2) is 10.3. The van der Waals surface area contributed by atoms with Crippen molar-refractivity contribution in [2.24, 2.45) is 7.05 Å². The molecule has 0 fully saturated rings. The maximum absolute atomic E-state index is 12.0. The van der Waals surface area contributed by atoms with Gasteiger partial charge in [0.05, 0.1) is 17.1 Å². The van der Waals surface area contributed by atoms with Crippen LogP contribution in [0.15, 0.2) is 54.6 Å². The van der Waals surface area contributed by atoms with E-state index in [2.05, 4.69) is 10.4 Å². The standard InChI is InChI=1S/C23H25N3O5/c1-16-23(17(2)26(3)25-16)24-21(27)14-31-22(28)15-30-20-11-9-19(10-12-20)29-13-18-7-5-4-6-8-18/h4-12H,13-15H2,1-3H3,(H,24,27). The molecule has 8 heteroatoms. The quantitative estimate of drug-likeness (QED) is 0.532. The van der Waals surface area contributed by atoms with Gasteiger partial charge >= 0.3 is 5.97 Å². The van der Waals surface area contributed by atoms with E-state index in [1.807, 2.05) is 37.3 Å². The minimum absolute atomic E-state index is 0.303. The van der Waals surface area contributed by atoms with Crippen LogP contribution in [0.2, 0.25) is 0 Å². The molecule has 0 saturated heterocycles. The molecule has 0 saturated carbocycles. The Balaban J connectivity index is 1.38. The van der Waals surface area contributed by atoms with Crippen molar-refractivity contribution in [3.05, 3.63) is 71.5 Å². The van der Waals surface area contributed by atoms with Crippen molar-refractivity contribution >= 4 is 17.6 Å². The molecule has 1 N–H and O–H groups in total. The highest BCUT2D eigenvalue weighted by Gasteiger charge is 2.14. The Bertz CT molecular complexity index is 1030. The molecule has 0 unspecified atom stereocenters. The molecule has 0 aliphatic heterocycles. The zero-order valence-corrected chi connectivity index (χ0v) is 17.8. The molecule has 0 atom stereocenters. The van der Waals surface area contributed by atoms with Gasteiger partial charge in [0, 0.05) is 7.05 Å². The summed E-state index contributed by atoms with van der Waals surface area (Å²) in [4.78, 5) is 23.9. The molecular formula is C23H25N3O5. The number of benzene rings is 2.